The Kier molecular flexibility index (Phi) is 6.81. The van der Waals surface area contributed by atoms with Crippen molar-refractivity contribution in [1.82, 2.24) is 14.9 Å². The molecular weight excluding hydrogens is 326 g/mol. The largest absolute Gasteiger partial charge is 0.379 e. The van der Waals surface area contributed by atoms with Gasteiger partial charge in [0.05, 0.1) is 22.8 Å². The second kappa shape index (κ2) is 8.84. The number of ether oxygens (including phenoxy) is 1. The predicted molar refractivity (Wildman–Crippen MR) is 96.4 cm³/mol. The van der Waals surface area contributed by atoms with E-state index in [0.717, 1.165) is 6.42 Å². The zero-order valence-corrected chi connectivity index (χ0v) is 15.1. The van der Waals surface area contributed by atoms with Crippen molar-refractivity contribution in [1.29, 1.82) is 0 Å². The molecular formula is C17H23N3O3S. The topological polar surface area (TPSA) is 73.2 Å². The molecule has 0 unspecified atom stereocenters. The standard InChI is InChI=1S/C17H23N3O3S/c1-12(2)23-10-6-9-18-15(21)11-24-17-19-14-8-5-4-7-13(14)16(22)20(17)3/h4-5,7-8,12H,6,9-11H2,1-3H3,(H,18,21). The number of hydrogen-bond donors (Lipinski definition) is 1. The van der Waals surface area contributed by atoms with Gasteiger partial charge in [0.25, 0.3) is 5.56 Å². The van der Waals surface area contributed by atoms with E-state index in [2.05, 4.69) is 10.3 Å². The third-order valence-corrected chi connectivity index (χ3v) is 4.40. The number of nitrogens with zero attached hydrogens (tertiary/aromatic N) is 2. The molecule has 0 aliphatic heterocycles. The molecule has 0 aliphatic carbocycles. The highest BCUT2D eigenvalue weighted by Crippen LogP contribution is 2.16. The Morgan fingerprint density at radius 3 is 2.88 bits per heavy atom. The summed E-state index contributed by atoms with van der Waals surface area (Å²) < 4.78 is 6.90. The van der Waals surface area contributed by atoms with Gasteiger partial charge in [-0.2, -0.15) is 0 Å². The number of benzene rings is 1. The van der Waals surface area contributed by atoms with E-state index in [1.807, 2.05) is 26.0 Å². The molecule has 2 aromatic rings. The summed E-state index contributed by atoms with van der Waals surface area (Å²) in [4.78, 5) is 28.6. The van der Waals surface area contributed by atoms with Crippen LogP contribution in [0.3, 0.4) is 0 Å². The van der Waals surface area contributed by atoms with Crippen molar-refractivity contribution in [2.75, 3.05) is 18.9 Å². The smallest absolute Gasteiger partial charge is 0.261 e. The molecule has 6 nitrogen and oxygen atoms in total. The minimum Gasteiger partial charge on any atom is -0.379 e. The fourth-order valence-electron chi connectivity index (χ4n) is 2.13. The minimum absolute atomic E-state index is 0.0769. The van der Waals surface area contributed by atoms with Crippen molar-refractivity contribution >= 4 is 28.6 Å². The molecule has 7 heteroatoms. The maximum absolute atomic E-state index is 12.3. The number of rotatable bonds is 8. The molecule has 0 bridgehead atoms. The van der Waals surface area contributed by atoms with Crippen LogP contribution in [0.5, 0.6) is 0 Å². The van der Waals surface area contributed by atoms with E-state index in [0.29, 0.717) is 29.2 Å². The number of hydrogen-bond acceptors (Lipinski definition) is 5. The maximum Gasteiger partial charge on any atom is 0.261 e. The van der Waals surface area contributed by atoms with Crippen molar-refractivity contribution in [3.05, 3.63) is 34.6 Å². The zero-order chi connectivity index (χ0) is 17.5. The number of carbonyl (C=O) groups is 1. The Morgan fingerprint density at radius 1 is 1.38 bits per heavy atom. The summed E-state index contributed by atoms with van der Waals surface area (Å²) in [5, 5.41) is 3.96. The van der Waals surface area contributed by atoms with E-state index in [9.17, 15) is 9.59 Å². The lowest BCUT2D eigenvalue weighted by atomic mass is 10.2. The highest BCUT2D eigenvalue weighted by atomic mass is 32.2. The summed E-state index contributed by atoms with van der Waals surface area (Å²) in [7, 11) is 1.67. The Bertz CT molecular complexity index is 758. The zero-order valence-electron chi connectivity index (χ0n) is 14.2. The van der Waals surface area contributed by atoms with E-state index in [1.165, 1.54) is 16.3 Å². The van der Waals surface area contributed by atoms with Crippen LogP contribution in [-0.4, -0.2) is 40.5 Å². The van der Waals surface area contributed by atoms with E-state index >= 15 is 0 Å². The predicted octanol–water partition coefficient (Wildman–Crippen LogP) is 1.96. The van der Waals surface area contributed by atoms with Gasteiger partial charge in [-0.25, -0.2) is 4.98 Å². The first-order valence-corrected chi connectivity index (χ1v) is 8.94. The quantitative estimate of drug-likeness (QED) is 0.448. The second-order valence-corrected chi connectivity index (χ2v) is 6.63. The lowest BCUT2D eigenvalue weighted by Crippen LogP contribution is -2.28. The Morgan fingerprint density at radius 2 is 2.12 bits per heavy atom. The Labute approximate surface area is 145 Å². The molecule has 0 atom stereocenters. The molecule has 2 rings (SSSR count). The summed E-state index contributed by atoms with van der Waals surface area (Å²) in [6, 6.07) is 7.21. The van der Waals surface area contributed by atoms with Crippen LogP contribution in [0.25, 0.3) is 10.9 Å². The van der Waals surface area contributed by atoms with Crippen LogP contribution in [0.1, 0.15) is 20.3 Å². The molecule has 1 aromatic carbocycles. The van der Waals surface area contributed by atoms with Crippen LogP contribution in [0, 0.1) is 0 Å². The van der Waals surface area contributed by atoms with Crippen molar-refractivity contribution in [2.24, 2.45) is 7.05 Å². The molecule has 130 valence electrons. The van der Waals surface area contributed by atoms with Crippen LogP contribution in [0.4, 0.5) is 0 Å². The van der Waals surface area contributed by atoms with E-state index < -0.39 is 0 Å². The molecule has 1 N–H and O–H groups in total. The summed E-state index contributed by atoms with van der Waals surface area (Å²) >= 11 is 1.26. The molecule has 0 fully saturated rings. The van der Waals surface area contributed by atoms with Crippen LogP contribution in [-0.2, 0) is 16.6 Å². The summed E-state index contributed by atoms with van der Waals surface area (Å²) in [5.41, 5.74) is 0.545. The lowest BCUT2D eigenvalue weighted by Gasteiger charge is -2.10. The first-order chi connectivity index (χ1) is 11.5. The first kappa shape index (κ1) is 18.5. The summed E-state index contributed by atoms with van der Waals surface area (Å²) in [5.74, 6) is 0.149. The fraction of sp³-hybridized carbons (Fsp3) is 0.471. The SMILES string of the molecule is CC(C)OCCCNC(=O)CSc1nc2ccccc2c(=O)n1C. The average molecular weight is 349 g/mol. The molecule has 1 aromatic heterocycles. The fourth-order valence-corrected chi connectivity index (χ4v) is 2.93. The third kappa shape index (κ3) is 5.07. The third-order valence-electron chi connectivity index (χ3n) is 3.37. The van der Waals surface area contributed by atoms with Gasteiger partial charge in [0.2, 0.25) is 5.91 Å². The first-order valence-electron chi connectivity index (χ1n) is 7.96. The van der Waals surface area contributed by atoms with Crippen LogP contribution in [0.15, 0.2) is 34.2 Å². The monoisotopic (exact) mass is 349 g/mol. The molecule has 0 saturated heterocycles. The normalized spacial score (nSPS) is 11.2. The molecule has 1 amide bonds. The van der Waals surface area contributed by atoms with Gasteiger partial charge in [0.15, 0.2) is 5.16 Å². The lowest BCUT2D eigenvalue weighted by molar-refractivity contribution is -0.118. The number of para-hydroxylation sites is 1. The minimum atomic E-state index is -0.102. The average Bonchev–Trinajstić information content (AvgIpc) is 2.56. The Hall–Kier alpha value is -1.86. The number of fused-ring (bicyclic) bond motifs is 1. The van der Waals surface area contributed by atoms with E-state index in [4.69, 9.17) is 4.74 Å². The van der Waals surface area contributed by atoms with Crippen molar-refractivity contribution < 1.29 is 9.53 Å². The number of amides is 1. The molecule has 0 aliphatic rings. The van der Waals surface area contributed by atoms with Gasteiger partial charge < -0.3 is 10.1 Å². The molecule has 0 spiro atoms. The highest BCUT2D eigenvalue weighted by molar-refractivity contribution is 7.99. The van der Waals surface area contributed by atoms with Crippen molar-refractivity contribution in [3.63, 3.8) is 0 Å². The van der Waals surface area contributed by atoms with E-state index in [-0.39, 0.29) is 23.3 Å². The second-order valence-electron chi connectivity index (χ2n) is 5.69. The molecule has 24 heavy (non-hydrogen) atoms. The number of thioether (sulfide) groups is 1. The van der Waals surface area contributed by atoms with Gasteiger partial charge in [-0.05, 0) is 32.4 Å². The van der Waals surface area contributed by atoms with Gasteiger partial charge in [-0.3, -0.25) is 14.2 Å². The van der Waals surface area contributed by atoms with Crippen LogP contribution < -0.4 is 10.9 Å². The van der Waals surface area contributed by atoms with Gasteiger partial charge >= 0.3 is 0 Å². The van der Waals surface area contributed by atoms with Crippen LogP contribution >= 0.6 is 11.8 Å². The number of nitrogens with one attached hydrogen (secondary N) is 1. The maximum atomic E-state index is 12.3. The summed E-state index contributed by atoms with van der Waals surface area (Å²) in [6.07, 6.45) is 0.984. The molecule has 0 radical (unpaired) electrons. The van der Waals surface area contributed by atoms with Crippen molar-refractivity contribution in [3.8, 4) is 0 Å². The van der Waals surface area contributed by atoms with Crippen LogP contribution in [0.2, 0.25) is 0 Å². The van der Waals surface area contributed by atoms with Gasteiger partial charge in [-0.1, -0.05) is 23.9 Å². The van der Waals surface area contributed by atoms with Gasteiger partial charge in [0, 0.05) is 20.2 Å². The number of aromatic nitrogens is 2. The Balaban J connectivity index is 1.88. The van der Waals surface area contributed by atoms with Crippen molar-refractivity contribution in [2.45, 2.75) is 31.5 Å². The summed E-state index contributed by atoms with van der Waals surface area (Å²) in [6.45, 7) is 5.17. The number of carbonyl (C=O) groups excluding carboxylic acids is 1. The molecule has 0 saturated carbocycles. The molecule has 1 heterocycles. The van der Waals surface area contributed by atoms with Gasteiger partial charge in [0.1, 0.15) is 0 Å². The van der Waals surface area contributed by atoms with Gasteiger partial charge in [-0.15, -0.1) is 0 Å². The van der Waals surface area contributed by atoms with E-state index in [1.54, 1.807) is 19.2 Å². The highest BCUT2D eigenvalue weighted by Gasteiger charge is 2.10.